The Labute approximate surface area is 136 Å². The molecule has 1 heterocycles. The summed E-state index contributed by atoms with van der Waals surface area (Å²) in [7, 11) is -3.62. The Morgan fingerprint density at radius 2 is 1.87 bits per heavy atom. The van der Waals surface area contributed by atoms with Gasteiger partial charge in [0, 0.05) is 6.54 Å². The van der Waals surface area contributed by atoms with Gasteiger partial charge < -0.3 is 4.74 Å². The van der Waals surface area contributed by atoms with Crippen LogP contribution in [0.25, 0.3) is 0 Å². The van der Waals surface area contributed by atoms with E-state index in [4.69, 9.17) is 4.74 Å². The highest BCUT2D eigenvalue weighted by Crippen LogP contribution is 2.19. The van der Waals surface area contributed by atoms with Crippen molar-refractivity contribution in [2.75, 3.05) is 6.61 Å². The smallest absolute Gasteiger partial charge is 0.316 e. The third-order valence-corrected chi connectivity index (χ3v) is 4.94. The molecule has 0 saturated carbocycles. The number of hydrogen-bond donors (Lipinski definition) is 1. The second-order valence-electron chi connectivity index (χ2n) is 5.17. The average Bonchev–Trinajstić information content (AvgIpc) is 2.90. The molecule has 1 N–H and O–H groups in total. The molecular weight excluding hydrogens is 316 g/mol. The maximum absolute atomic E-state index is 12.5. The van der Waals surface area contributed by atoms with E-state index in [9.17, 15) is 8.42 Å². The van der Waals surface area contributed by atoms with Crippen molar-refractivity contribution in [3.63, 3.8) is 0 Å². The fourth-order valence-corrected chi connectivity index (χ4v) is 3.43. The highest BCUT2D eigenvalue weighted by molar-refractivity contribution is 7.89. The molecule has 0 aliphatic carbocycles. The highest BCUT2D eigenvalue weighted by atomic mass is 32.2. The van der Waals surface area contributed by atoms with Crippen LogP contribution in [0.2, 0.25) is 0 Å². The molecular formula is C15H22N4O3S. The van der Waals surface area contributed by atoms with Crippen LogP contribution < -0.4 is 9.46 Å². The predicted octanol–water partition coefficient (Wildman–Crippen LogP) is 2.04. The van der Waals surface area contributed by atoms with Crippen LogP contribution >= 0.6 is 0 Å². The van der Waals surface area contributed by atoms with Gasteiger partial charge in [-0.25, -0.2) is 13.1 Å². The van der Waals surface area contributed by atoms with Gasteiger partial charge in [-0.15, -0.1) is 5.10 Å². The number of hydrogen-bond acceptors (Lipinski definition) is 5. The zero-order valence-electron chi connectivity index (χ0n) is 13.8. The van der Waals surface area contributed by atoms with E-state index in [2.05, 4.69) is 14.9 Å². The van der Waals surface area contributed by atoms with Crippen molar-refractivity contribution in [1.82, 2.24) is 19.5 Å². The summed E-state index contributed by atoms with van der Waals surface area (Å²) in [5, 5.41) is 8.03. The van der Waals surface area contributed by atoms with E-state index in [-0.39, 0.29) is 4.90 Å². The van der Waals surface area contributed by atoms with Gasteiger partial charge in [-0.1, -0.05) is 22.8 Å². The number of rotatable bonds is 7. The lowest BCUT2D eigenvalue weighted by molar-refractivity contribution is 0.294. The number of nitrogens with one attached hydrogen (secondary N) is 1. The van der Waals surface area contributed by atoms with E-state index in [1.807, 2.05) is 20.8 Å². The summed E-state index contributed by atoms with van der Waals surface area (Å²) in [5.41, 5.74) is 1.00. The molecule has 0 spiro atoms. The molecule has 0 saturated heterocycles. The van der Waals surface area contributed by atoms with Gasteiger partial charge in [0.2, 0.25) is 10.0 Å². The first-order valence-corrected chi connectivity index (χ1v) is 9.02. The van der Waals surface area contributed by atoms with Crippen molar-refractivity contribution >= 4 is 10.0 Å². The van der Waals surface area contributed by atoms with Gasteiger partial charge in [0.1, 0.15) is 0 Å². The number of nitrogens with zero attached hydrogens (tertiary/aromatic N) is 3. The lowest BCUT2D eigenvalue weighted by Crippen LogP contribution is -2.29. The lowest BCUT2D eigenvalue weighted by Gasteiger charge is -2.15. The first-order valence-electron chi connectivity index (χ1n) is 7.54. The summed E-state index contributed by atoms with van der Waals surface area (Å²) in [6.07, 6.45) is 0. The van der Waals surface area contributed by atoms with Crippen molar-refractivity contribution < 1.29 is 13.2 Å². The molecule has 126 valence electrons. The van der Waals surface area contributed by atoms with Crippen LogP contribution in [0.1, 0.15) is 38.2 Å². The first-order chi connectivity index (χ1) is 10.9. The summed E-state index contributed by atoms with van der Waals surface area (Å²) in [5.74, 6) is 0.520. The molecule has 0 aliphatic heterocycles. The molecule has 0 bridgehead atoms. The molecule has 1 aromatic carbocycles. The van der Waals surface area contributed by atoms with Crippen LogP contribution in [-0.2, 0) is 16.6 Å². The van der Waals surface area contributed by atoms with E-state index in [0.29, 0.717) is 25.0 Å². The van der Waals surface area contributed by atoms with E-state index in [1.165, 1.54) is 0 Å². The Morgan fingerprint density at radius 3 is 2.43 bits per heavy atom. The van der Waals surface area contributed by atoms with Crippen molar-refractivity contribution in [3.05, 3.63) is 35.7 Å². The van der Waals surface area contributed by atoms with Crippen molar-refractivity contribution in [2.24, 2.45) is 0 Å². The summed E-state index contributed by atoms with van der Waals surface area (Å²) in [6, 6.07) is 6.57. The standard InChI is InChI=1S/C15H22N4O3S/c1-5-19-14(16-17-15(19)22-6-2)12(4)18-23(20,21)13-9-7-11(3)8-10-13/h7-10,12,18H,5-6H2,1-4H3/t12-/m1/s1. The quantitative estimate of drug-likeness (QED) is 0.835. The zero-order valence-corrected chi connectivity index (χ0v) is 14.6. The van der Waals surface area contributed by atoms with Crippen LogP contribution in [-0.4, -0.2) is 29.8 Å². The van der Waals surface area contributed by atoms with E-state index >= 15 is 0 Å². The number of ether oxygens (including phenoxy) is 1. The van der Waals surface area contributed by atoms with Gasteiger partial charge in [-0.3, -0.25) is 4.57 Å². The Kier molecular flexibility index (Phi) is 5.38. The number of aromatic nitrogens is 3. The monoisotopic (exact) mass is 338 g/mol. The fraction of sp³-hybridized carbons (Fsp3) is 0.467. The topological polar surface area (TPSA) is 86.1 Å². The summed E-state index contributed by atoms with van der Waals surface area (Å²) in [4.78, 5) is 0.225. The lowest BCUT2D eigenvalue weighted by atomic mass is 10.2. The fourth-order valence-electron chi connectivity index (χ4n) is 2.22. The second kappa shape index (κ2) is 7.10. The summed E-state index contributed by atoms with van der Waals surface area (Å²) >= 11 is 0. The largest absolute Gasteiger partial charge is 0.464 e. The minimum absolute atomic E-state index is 0.225. The number of sulfonamides is 1. The second-order valence-corrected chi connectivity index (χ2v) is 6.89. The Bertz CT molecular complexity index is 754. The third kappa shape index (κ3) is 3.89. The van der Waals surface area contributed by atoms with Crippen LogP contribution in [0, 0.1) is 6.92 Å². The molecule has 0 fully saturated rings. The van der Waals surface area contributed by atoms with Gasteiger partial charge in [0.25, 0.3) is 0 Å². The van der Waals surface area contributed by atoms with Crippen LogP contribution in [0.5, 0.6) is 6.01 Å². The van der Waals surface area contributed by atoms with Gasteiger partial charge >= 0.3 is 6.01 Å². The first kappa shape index (κ1) is 17.4. The van der Waals surface area contributed by atoms with Gasteiger partial charge in [0.05, 0.1) is 17.5 Å². The minimum Gasteiger partial charge on any atom is -0.464 e. The third-order valence-electron chi connectivity index (χ3n) is 3.39. The summed E-state index contributed by atoms with van der Waals surface area (Å²) in [6.45, 7) is 8.49. The van der Waals surface area contributed by atoms with Gasteiger partial charge in [-0.05, 0) is 39.8 Å². The van der Waals surface area contributed by atoms with E-state index < -0.39 is 16.1 Å². The molecule has 7 nitrogen and oxygen atoms in total. The Hall–Kier alpha value is -1.93. The molecule has 0 radical (unpaired) electrons. The Morgan fingerprint density at radius 1 is 1.22 bits per heavy atom. The van der Waals surface area contributed by atoms with Gasteiger partial charge in [-0.2, -0.15) is 0 Å². The average molecular weight is 338 g/mol. The number of benzene rings is 1. The van der Waals surface area contributed by atoms with Crippen LogP contribution in [0.3, 0.4) is 0 Å². The van der Waals surface area contributed by atoms with Crippen molar-refractivity contribution in [2.45, 2.75) is 45.2 Å². The minimum atomic E-state index is -3.62. The van der Waals surface area contributed by atoms with E-state index in [1.54, 1.807) is 35.8 Å². The van der Waals surface area contributed by atoms with Crippen molar-refractivity contribution in [3.8, 4) is 6.01 Å². The zero-order chi connectivity index (χ0) is 17.0. The SMILES string of the molecule is CCOc1nnc([C@@H](C)NS(=O)(=O)c2ccc(C)cc2)n1CC. The maximum atomic E-state index is 12.5. The van der Waals surface area contributed by atoms with Crippen molar-refractivity contribution in [1.29, 1.82) is 0 Å². The van der Waals surface area contributed by atoms with Gasteiger partial charge in [0.15, 0.2) is 5.82 Å². The molecule has 2 aromatic rings. The van der Waals surface area contributed by atoms with Crippen LogP contribution in [0.4, 0.5) is 0 Å². The molecule has 2 rings (SSSR count). The Balaban J connectivity index is 2.24. The predicted molar refractivity (Wildman–Crippen MR) is 86.8 cm³/mol. The molecule has 1 atom stereocenters. The molecule has 0 unspecified atom stereocenters. The number of aryl methyl sites for hydroxylation is 1. The molecule has 0 aliphatic rings. The normalized spacial score (nSPS) is 13.0. The highest BCUT2D eigenvalue weighted by Gasteiger charge is 2.23. The molecule has 0 amide bonds. The maximum Gasteiger partial charge on any atom is 0.316 e. The molecule has 1 aromatic heterocycles. The molecule has 8 heteroatoms. The summed E-state index contributed by atoms with van der Waals surface area (Å²) < 4.78 is 34.7. The molecule has 23 heavy (non-hydrogen) atoms. The van der Waals surface area contributed by atoms with Crippen LogP contribution in [0.15, 0.2) is 29.2 Å². The van der Waals surface area contributed by atoms with E-state index in [0.717, 1.165) is 5.56 Å².